The lowest BCUT2D eigenvalue weighted by molar-refractivity contribution is -0.114. The number of amides is 1. The van der Waals surface area contributed by atoms with Gasteiger partial charge in [-0.2, -0.15) is 4.98 Å². The third kappa shape index (κ3) is 6.42. The molecule has 1 amide bonds. The highest BCUT2D eigenvalue weighted by Crippen LogP contribution is 2.14. The first-order valence-electron chi connectivity index (χ1n) is 8.23. The molecule has 2 aromatic rings. The van der Waals surface area contributed by atoms with Gasteiger partial charge in [-0.1, -0.05) is 12.1 Å². The Morgan fingerprint density at radius 1 is 1.36 bits per heavy atom. The van der Waals surface area contributed by atoms with Gasteiger partial charge in [-0.15, -0.1) is 5.10 Å². The lowest BCUT2D eigenvalue weighted by Crippen LogP contribution is -2.11. The van der Waals surface area contributed by atoms with E-state index in [9.17, 15) is 4.79 Å². The van der Waals surface area contributed by atoms with E-state index in [1.807, 2.05) is 26.2 Å². The zero-order valence-electron chi connectivity index (χ0n) is 15.2. The van der Waals surface area contributed by atoms with Crippen LogP contribution < -0.4 is 15.4 Å². The summed E-state index contributed by atoms with van der Waals surface area (Å²) in [6.07, 6.45) is 0.820. The van der Waals surface area contributed by atoms with Crippen molar-refractivity contribution in [1.82, 2.24) is 19.7 Å². The van der Waals surface area contributed by atoms with Crippen molar-refractivity contribution >= 4 is 17.8 Å². The van der Waals surface area contributed by atoms with E-state index in [0.717, 1.165) is 18.7 Å². The molecule has 1 aromatic carbocycles. The number of hydrogen-bond acceptors (Lipinski definition) is 6. The first-order chi connectivity index (χ1) is 11.9. The molecule has 1 aromatic heterocycles. The van der Waals surface area contributed by atoms with Crippen LogP contribution in [-0.2, 0) is 18.4 Å². The highest BCUT2D eigenvalue weighted by Gasteiger charge is 2.07. The number of rotatable bonds is 9. The molecular formula is C17H26N6O2. The standard InChI is InChI=1S/C17H26N6O2/c1-13(24)19-16-20-17(23(4)21-16)18-9-6-10-25-15-8-5-7-14(11-15)12-22(2)3/h5,7-8,11H,6,9-10,12H2,1-4H3,(H2,18,19,20,21,24). The minimum absolute atomic E-state index is 0.193. The molecule has 0 bridgehead atoms. The molecule has 8 nitrogen and oxygen atoms in total. The van der Waals surface area contributed by atoms with Crippen LogP contribution in [0.15, 0.2) is 24.3 Å². The molecular weight excluding hydrogens is 320 g/mol. The van der Waals surface area contributed by atoms with Gasteiger partial charge in [-0.3, -0.25) is 10.1 Å². The molecule has 136 valence electrons. The monoisotopic (exact) mass is 346 g/mol. The average molecular weight is 346 g/mol. The number of nitrogens with zero attached hydrogens (tertiary/aromatic N) is 4. The fourth-order valence-electron chi connectivity index (χ4n) is 2.31. The van der Waals surface area contributed by atoms with Crippen LogP contribution >= 0.6 is 0 Å². The Kier molecular flexibility index (Phi) is 6.76. The lowest BCUT2D eigenvalue weighted by atomic mass is 10.2. The molecule has 2 rings (SSSR count). The molecule has 0 spiro atoms. The van der Waals surface area contributed by atoms with Gasteiger partial charge in [0, 0.05) is 27.1 Å². The van der Waals surface area contributed by atoms with Crippen molar-refractivity contribution in [2.24, 2.45) is 7.05 Å². The number of ether oxygens (including phenoxy) is 1. The van der Waals surface area contributed by atoms with Crippen molar-refractivity contribution in [1.29, 1.82) is 0 Å². The number of aryl methyl sites for hydroxylation is 1. The Bertz CT molecular complexity index is 698. The van der Waals surface area contributed by atoms with Crippen LogP contribution in [0.3, 0.4) is 0 Å². The topological polar surface area (TPSA) is 84.3 Å². The largest absolute Gasteiger partial charge is 0.494 e. The molecule has 0 aliphatic rings. The summed E-state index contributed by atoms with van der Waals surface area (Å²) in [5.41, 5.74) is 1.23. The van der Waals surface area contributed by atoms with Crippen molar-refractivity contribution in [3.05, 3.63) is 29.8 Å². The molecule has 0 unspecified atom stereocenters. The summed E-state index contributed by atoms with van der Waals surface area (Å²) in [7, 11) is 5.86. The summed E-state index contributed by atoms with van der Waals surface area (Å²) in [6.45, 7) is 3.62. The van der Waals surface area contributed by atoms with Crippen molar-refractivity contribution in [2.45, 2.75) is 19.9 Å². The molecule has 0 fully saturated rings. The number of hydrogen-bond donors (Lipinski definition) is 2. The Hall–Kier alpha value is -2.61. The van der Waals surface area contributed by atoms with Crippen LogP contribution in [0.25, 0.3) is 0 Å². The van der Waals surface area contributed by atoms with Gasteiger partial charge in [0.25, 0.3) is 5.95 Å². The van der Waals surface area contributed by atoms with Gasteiger partial charge in [0.05, 0.1) is 6.61 Å². The smallest absolute Gasteiger partial charge is 0.250 e. The Labute approximate surface area is 148 Å². The van der Waals surface area contributed by atoms with E-state index in [-0.39, 0.29) is 5.91 Å². The number of benzene rings is 1. The third-order valence-corrected chi connectivity index (χ3v) is 3.32. The van der Waals surface area contributed by atoms with Crippen LogP contribution in [0.4, 0.5) is 11.9 Å². The molecule has 25 heavy (non-hydrogen) atoms. The quantitative estimate of drug-likeness (QED) is 0.673. The minimum Gasteiger partial charge on any atom is -0.494 e. The first kappa shape index (κ1) is 18.7. The van der Waals surface area contributed by atoms with Crippen molar-refractivity contribution < 1.29 is 9.53 Å². The number of aromatic nitrogens is 3. The van der Waals surface area contributed by atoms with Crippen molar-refractivity contribution in [2.75, 3.05) is 37.9 Å². The Morgan fingerprint density at radius 3 is 2.88 bits per heavy atom. The fraction of sp³-hybridized carbons (Fsp3) is 0.471. The van der Waals surface area contributed by atoms with Crippen LogP contribution in [0.5, 0.6) is 5.75 Å². The first-order valence-corrected chi connectivity index (χ1v) is 8.23. The van der Waals surface area contributed by atoms with E-state index in [4.69, 9.17) is 4.74 Å². The summed E-state index contributed by atoms with van der Waals surface area (Å²) in [5, 5.41) is 9.85. The van der Waals surface area contributed by atoms with Gasteiger partial charge < -0.3 is 15.0 Å². The van der Waals surface area contributed by atoms with Gasteiger partial charge in [-0.25, -0.2) is 4.68 Å². The number of carbonyl (C=O) groups excluding carboxylic acids is 1. The van der Waals surface area contributed by atoms with E-state index >= 15 is 0 Å². The van der Waals surface area contributed by atoms with E-state index < -0.39 is 0 Å². The van der Waals surface area contributed by atoms with E-state index in [2.05, 4.69) is 37.7 Å². The summed E-state index contributed by atoms with van der Waals surface area (Å²) in [4.78, 5) is 17.3. The molecule has 0 saturated carbocycles. The van der Waals surface area contributed by atoms with E-state index in [1.54, 1.807) is 11.7 Å². The SMILES string of the molecule is CC(=O)Nc1nc(NCCCOc2cccc(CN(C)C)c2)n(C)n1. The third-order valence-electron chi connectivity index (χ3n) is 3.32. The van der Waals surface area contributed by atoms with Crippen LogP contribution in [0, 0.1) is 0 Å². The van der Waals surface area contributed by atoms with Gasteiger partial charge in [0.2, 0.25) is 11.9 Å². The predicted molar refractivity (Wildman–Crippen MR) is 97.7 cm³/mol. The zero-order chi connectivity index (χ0) is 18.2. The number of carbonyl (C=O) groups is 1. The van der Waals surface area contributed by atoms with E-state index in [0.29, 0.717) is 25.0 Å². The average Bonchev–Trinajstić information content (AvgIpc) is 2.85. The molecule has 0 saturated heterocycles. The highest BCUT2D eigenvalue weighted by atomic mass is 16.5. The van der Waals surface area contributed by atoms with Crippen molar-refractivity contribution in [3.8, 4) is 5.75 Å². The maximum atomic E-state index is 11.0. The molecule has 8 heteroatoms. The highest BCUT2D eigenvalue weighted by molar-refractivity contribution is 5.86. The maximum Gasteiger partial charge on any atom is 0.250 e. The zero-order valence-corrected chi connectivity index (χ0v) is 15.2. The summed E-state index contributed by atoms with van der Waals surface area (Å²) < 4.78 is 7.39. The second-order valence-corrected chi connectivity index (χ2v) is 6.08. The summed E-state index contributed by atoms with van der Waals surface area (Å²) in [6, 6.07) is 8.13. The van der Waals surface area contributed by atoms with E-state index in [1.165, 1.54) is 12.5 Å². The second kappa shape index (κ2) is 9.03. The Balaban J connectivity index is 1.73. The normalized spacial score (nSPS) is 10.8. The summed E-state index contributed by atoms with van der Waals surface area (Å²) >= 11 is 0. The number of anilines is 2. The van der Waals surface area contributed by atoms with Gasteiger partial charge in [0.15, 0.2) is 0 Å². The Morgan fingerprint density at radius 2 is 2.16 bits per heavy atom. The predicted octanol–water partition coefficient (Wildman–Crippen LogP) is 1.72. The maximum absolute atomic E-state index is 11.0. The second-order valence-electron chi connectivity index (χ2n) is 6.08. The minimum atomic E-state index is -0.193. The molecule has 0 radical (unpaired) electrons. The molecule has 0 aliphatic heterocycles. The van der Waals surface area contributed by atoms with Gasteiger partial charge >= 0.3 is 0 Å². The number of nitrogens with one attached hydrogen (secondary N) is 2. The fourth-order valence-corrected chi connectivity index (χ4v) is 2.31. The summed E-state index contributed by atoms with van der Waals surface area (Å²) in [5.74, 6) is 1.59. The lowest BCUT2D eigenvalue weighted by Gasteiger charge is -2.12. The van der Waals surface area contributed by atoms with Gasteiger partial charge in [-0.05, 0) is 38.2 Å². The molecule has 2 N–H and O–H groups in total. The van der Waals surface area contributed by atoms with Crippen LogP contribution in [-0.4, -0.2) is 52.8 Å². The molecule has 1 heterocycles. The van der Waals surface area contributed by atoms with Crippen molar-refractivity contribution in [3.63, 3.8) is 0 Å². The van der Waals surface area contributed by atoms with Crippen LogP contribution in [0.2, 0.25) is 0 Å². The van der Waals surface area contributed by atoms with Gasteiger partial charge in [0.1, 0.15) is 5.75 Å². The van der Waals surface area contributed by atoms with Crippen LogP contribution in [0.1, 0.15) is 18.9 Å². The molecule has 0 aliphatic carbocycles. The molecule has 0 atom stereocenters.